The van der Waals surface area contributed by atoms with Crippen molar-refractivity contribution in [2.45, 2.75) is 18.9 Å². The number of halogens is 2. The lowest BCUT2D eigenvalue weighted by molar-refractivity contribution is -0.117. The fourth-order valence-corrected chi connectivity index (χ4v) is 3.77. The highest BCUT2D eigenvalue weighted by atomic mass is 35.5. The summed E-state index contributed by atoms with van der Waals surface area (Å²) in [5, 5.41) is 2.34. The topological polar surface area (TPSA) is 65.5 Å². The Morgan fingerprint density at radius 2 is 1.93 bits per heavy atom. The van der Waals surface area contributed by atoms with Gasteiger partial charge < -0.3 is 15.1 Å². The lowest BCUT2D eigenvalue weighted by Crippen LogP contribution is -2.49. The minimum Gasteiger partial charge on any atom is -0.329 e. The van der Waals surface area contributed by atoms with E-state index in [1.54, 1.807) is 4.90 Å². The van der Waals surface area contributed by atoms with Crippen molar-refractivity contribution in [2.75, 3.05) is 32.0 Å². The van der Waals surface area contributed by atoms with E-state index >= 15 is 0 Å². The summed E-state index contributed by atoms with van der Waals surface area (Å²) in [4.78, 5) is 32.9. The lowest BCUT2D eigenvalue weighted by atomic mass is 10.0. The third-order valence-electron chi connectivity index (χ3n) is 5.38. The van der Waals surface area contributed by atoms with Crippen LogP contribution in [0.5, 0.6) is 0 Å². The van der Waals surface area contributed by atoms with Crippen molar-refractivity contribution < 1.29 is 14.0 Å². The summed E-state index contributed by atoms with van der Waals surface area (Å²) in [6, 6.07) is 10.6. The zero-order valence-corrected chi connectivity index (χ0v) is 16.8. The molecule has 0 unspecified atom stereocenters. The number of anilines is 1. The van der Waals surface area contributed by atoms with E-state index in [0.717, 1.165) is 24.5 Å². The molecule has 2 heterocycles. The Morgan fingerprint density at radius 3 is 2.62 bits per heavy atom. The Kier molecular flexibility index (Phi) is 5.52. The first kappa shape index (κ1) is 19.8. The van der Waals surface area contributed by atoms with Crippen molar-refractivity contribution in [3.05, 3.63) is 58.5 Å². The van der Waals surface area contributed by atoms with Gasteiger partial charge >= 0.3 is 0 Å². The molecule has 0 radical (unpaired) electrons. The molecule has 2 amide bonds. The number of carbonyl (C=O) groups excluding carboxylic acids is 2. The van der Waals surface area contributed by atoms with Gasteiger partial charge in [0.1, 0.15) is 5.15 Å². The summed E-state index contributed by atoms with van der Waals surface area (Å²) in [6.07, 6.45) is 1.59. The maximum Gasteiger partial charge on any atom is 0.257 e. The molecule has 0 bridgehead atoms. The van der Waals surface area contributed by atoms with E-state index in [2.05, 4.69) is 15.2 Å². The average molecular weight is 417 g/mol. The molecular formula is C21H22ClFN4O2. The fraction of sp³-hybridized carbons (Fsp3) is 0.381. The lowest BCUT2D eigenvalue weighted by Gasteiger charge is -2.40. The van der Waals surface area contributed by atoms with Crippen LogP contribution in [0.2, 0.25) is 5.15 Å². The molecule has 1 aliphatic heterocycles. The van der Waals surface area contributed by atoms with Crippen LogP contribution in [0, 0.1) is 11.7 Å². The summed E-state index contributed by atoms with van der Waals surface area (Å²) in [7, 11) is 2.00. The smallest absolute Gasteiger partial charge is 0.257 e. The van der Waals surface area contributed by atoms with Crippen LogP contribution < -0.4 is 5.32 Å². The molecular weight excluding hydrogens is 395 g/mol. The maximum atomic E-state index is 14.6. The molecule has 1 aliphatic carbocycles. The summed E-state index contributed by atoms with van der Waals surface area (Å²) < 4.78 is 14.6. The van der Waals surface area contributed by atoms with E-state index in [0.29, 0.717) is 19.6 Å². The van der Waals surface area contributed by atoms with E-state index in [-0.39, 0.29) is 40.3 Å². The predicted molar refractivity (Wildman–Crippen MR) is 108 cm³/mol. The Labute approximate surface area is 173 Å². The van der Waals surface area contributed by atoms with Crippen molar-refractivity contribution in [2.24, 2.45) is 5.92 Å². The van der Waals surface area contributed by atoms with Crippen molar-refractivity contribution in [1.29, 1.82) is 0 Å². The third kappa shape index (κ3) is 4.26. The molecule has 0 spiro atoms. The van der Waals surface area contributed by atoms with Gasteiger partial charge in [0, 0.05) is 25.6 Å². The molecule has 1 atom stereocenters. The second-order valence-electron chi connectivity index (χ2n) is 7.61. The van der Waals surface area contributed by atoms with Gasteiger partial charge in [0.15, 0.2) is 11.6 Å². The van der Waals surface area contributed by atoms with Crippen molar-refractivity contribution in [3.8, 4) is 0 Å². The van der Waals surface area contributed by atoms with Gasteiger partial charge in [-0.2, -0.15) is 0 Å². The van der Waals surface area contributed by atoms with Crippen LogP contribution >= 0.6 is 11.6 Å². The number of rotatable bonds is 4. The molecule has 8 heteroatoms. The molecule has 1 saturated carbocycles. The number of benzene rings is 1. The van der Waals surface area contributed by atoms with E-state index in [4.69, 9.17) is 11.6 Å². The number of pyridine rings is 1. The summed E-state index contributed by atoms with van der Waals surface area (Å²) in [5.74, 6) is -1.73. The third-order valence-corrected chi connectivity index (χ3v) is 5.67. The number of amides is 2. The van der Waals surface area contributed by atoms with Crippen LogP contribution in [-0.2, 0) is 4.79 Å². The highest BCUT2D eigenvalue weighted by molar-refractivity contribution is 6.32. The molecule has 1 aromatic heterocycles. The molecule has 1 saturated heterocycles. The molecule has 4 rings (SSSR count). The number of nitrogens with one attached hydrogen (secondary N) is 1. The first-order valence-electron chi connectivity index (χ1n) is 9.65. The Bertz CT molecular complexity index is 936. The summed E-state index contributed by atoms with van der Waals surface area (Å²) in [6.45, 7) is 1.87. The summed E-state index contributed by atoms with van der Waals surface area (Å²) >= 11 is 6.23. The van der Waals surface area contributed by atoms with Crippen LogP contribution in [0.3, 0.4) is 0 Å². The van der Waals surface area contributed by atoms with Crippen LogP contribution in [0.1, 0.15) is 34.8 Å². The highest BCUT2D eigenvalue weighted by Crippen LogP contribution is 2.32. The van der Waals surface area contributed by atoms with Gasteiger partial charge in [-0.3, -0.25) is 9.59 Å². The number of aromatic nitrogens is 1. The van der Waals surface area contributed by atoms with Crippen LogP contribution in [0.25, 0.3) is 0 Å². The maximum absolute atomic E-state index is 14.6. The Hall–Kier alpha value is -2.51. The Morgan fingerprint density at radius 1 is 1.21 bits per heavy atom. The molecule has 1 N–H and O–H groups in total. The SMILES string of the molecule is CN1CCN(C(=O)c2cc(F)c(NC(=O)C3CC3)nc2Cl)[C@@H](c2ccccc2)C1. The van der Waals surface area contributed by atoms with Crippen molar-refractivity contribution >= 4 is 29.2 Å². The van der Waals surface area contributed by atoms with Crippen molar-refractivity contribution in [1.82, 2.24) is 14.8 Å². The molecule has 2 aliphatic rings. The molecule has 2 fully saturated rings. The molecule has 29 heavy (non-hydrogen) atoms. The van der Waals surface area contributed by atoms with Crippen LogP contribution in [-0.4, -0.2) is 53.3 Å². The second kappa shape index (κ2) is 8.08. The van der Waals surface area contributed by atoms with Gasteiger partial charge in [0.25, 0.3) is 5.91 Å². The molecule has 152 valence electrons. The zero-order chi connectivity index (χ0) is 20.5. The standard InChI is InChI=1S/C21H22ClFN4O2/c1-26-9-10-27(17(12-26)13-5-3-2-4-6-13)21(29)15-11-16(23)19(24-18(15)22)25-20(28)14-7-8-14/h2-6,11,14,17H,7-10,12H2,1H3,(H,24,25,28)/t17-/m1/s1. The van der Waals surface area contributed by atoms with E-state index in [9.17, 15) is 14.0 Å². The van der Waals surface area contributed by atoms with E-state index < -0.39 is 5.82 Å². The van der Waals surface area contributed by atoms with Crippen LogP contribution in [0.15, 0.2) is 36.4 Å². The first-order chi connectivity index (χ1) is 13.9. The predicted octanol–water partition coefficient (Wildman–Crippen LogP) is 3.35. The highest BCUT2D eigenvalue weighted by Gasteiger charge is 2.33. The minimum atomic E-state index is -0.767. The first-order valence-corrected chi connectivity index (χ1v) is 10.0. The summed E-state index contributed by atoms with van der Waals surface area (Å²) in [5.41, 5.74) is 1.00. The van der Waals surface area contributed by atoms with E-state index in [1.165, 1.54) is 0 Å². The molecule has 6 nitrogen and oxygen atoms in total. The number of likely N-dealkylation sites (N-methyl/N-ethyl adjacent to an activating group) is 1. The fourth-order valence-electron chi connectivity index (χ4n) is 3.55. The van der Waals surface area contributed by atoms with Gasteiger partial charge in [-0.25, -0.2) is 9.37 Å². The number of hydrogen-bond donors (Lipinski definition) is 1. The van der Waals surface area contributed by atoms with E-state index in [1.807, 2.05) is 37.4 Å². The van der Waals surface area contributed by atoms with Crippen molar-refractivity contribution in [3.63, 3.8) is 0 Å². The zero-order valence-electron chi connectivity index (χ0n) is 16.1. The average Bonchev–Trinajstić information content (AvgIpc) is 3.56. The van der Waals surface area contributed by atoms with Gasteiger partial charge in [-0.05, 0) is 31.5 Å². The van der Waals surface area contributed by atoms with Gasteiger partial charge in [-0.1, -0.05) is 41.9 Å². The minimum absolute atomic E-state index is 0.000859. The number of piperazine rings is 1. The number of carbonyl (C=O) groups is 2. The monoisotopic (exact) mass is 416 g/mol. The normalized spacial score (nSPS) is 19.8. The van der Waals surface area contributed by atoms with Crippen LogP contribution in [0.4, 0.5) is 10.2 Å². The Balaban J connectivity index is 1.60. The van der Waals surface area contributed by atoms with Gasteiger partial charge in [0.2, 0.25) is 5.91 Å². The van der Waals surface area contributed by atoms with Gasteiger partial charge in [0.05, 0.1) is 11.6 Å². The number of hydrogen-bond acceptors (Lipinski definition) is 4. The quantitative estimate of drug-likeness (QED) is 0.776. The van der Waals surface area contributed by atoms with Gasteiger partial charge in [-0.15, -0.1) is 0 Å². The number of nitrogens with zero attached hydrogens (tertiary/aromatic N) is 3. The molecule has 1 aromatic carbocycles. The largest absolute Gasteiger partial charge is 0.329 e. The second-order valence-corrected chi connectivity index (χ2v) is 7.97. The molecule has 2 aromatic rings.